The lowest BCUT2D eigenvalue weighted by molar-refractivity contribution is -0.175. The fourth-order valence-corrected chi connectivity index (χ4v) is 8.29. The van der Waals surface area contributed by atoms with Crippen molar-refractivity contribution >= 4 is 11.9 Å². The highest BCUT2D eigenvalue weighted by molar-refractivity contribution is 5.99. The van der Waals surface area contributed by atoms with Crippen LogP contribution in [0.4, 0.5) is 0 Å². The van der Waals surface area contributed by atoms with Crippen LogP contribution in [0.2, 0.25) is 0 Å². The number of rotatable bonds is 4. The number of nitrogens with zero attached hydrogens (tertiary/aromatic N) is 2. The second-order valence-electron chi connectivity index (χ2n) is 11.3. The van der Waals surface area contributed by atoms with E-state index >= 15 is 0 Å². The van der Waals surface area contributed by atoms with Crippen LogP contribution in [0.25, 0.3) is 0 Å². The highest BCUT2D eigenvalue weighted by Crippen LogP contribution is 2.69. The fraction of sp³-hybridized carbons (Fsp3) is 0.720. The molecule has 2 saturated carbocycles. The normalized spacial score (nSPS) is 41.3. The first kappa shape index (κ1) is 21.7. The van der Waals surface area contributed by atoms with Gasteiger partial charge in [-0.25, -0.2) is 4.98 Å². The lowest BCUT2D eigenvalue weighted by atomic mass is 9.40. The smallest absolute Gasteiger partial charge is 0.309 e. The Kier molecular flexibility index (Phi) is 4.86. The maximum atomic E-state index is 13.7. The molecule has 0 aromatic carbocycles. The summed E-state index contributed by atoms with van der Waals surface area (Å²) in [5, 5.41) is 21.2. The Hall–Kier alpha value is -2.15. The fourth-order valence-electron chi connectivity index (χ4n) is 8.29. The van der Waals surface area contributed by atoms with E-state index < -0.39 is 17.6 Å². The van der Waals surface area contributed by atoms with Gasteiger partial charge in [0.05, 0.1) is 11.7 Å². The molecule has 3 aliphatic carbocycles. The van der Waals surface area contributed by atoms with Gasteiger partial charge in [0.1, 0.15) is 0 Å². The van der Waals surface area contributed by atoms with Gasteiger partial charge >= 0.3 is 5.97 Å². The zero-order valence-corrected chi connectivity index (χ0v) is 19.4. The Morgan fingerprint density at radius 3 is 2.69 bits per heavy atom. The molecular weight excluding hydrogens is 406 g/mol. The van der Waals surface area contributed by atoms with Gasteiger partial charge in [-0.1, -0.05) is 20.3 Å². The molecule has 6 atom stereocenters. The number of imidazole rings is 1. The number of hydrogen-bond acceptors (Lipinski definition) is 4. The van der Waals surface area contributed by atoms with Crippen LogP contribution in [0.3, 0.4) is 0 Å². The third kappa shape index (κ3) is 2.79. The van der Waals surface area contributed by atoms with Crippen molar-refractivity contribution in [2.45, 2.75) is 78.4 Å². The minimum absolute atomic E-state index is 0.0296. The van der Waals surface area contributed by atoms with Gasteiger partial charge in [-0.05, 0) is 68.3 Å². The number of carboxylic acid groups (broad SMARTS) is 1. The number of aromatic amines is 1. The van der Waals surface area contributed by atoms with E-state index in [-0.39, 0.29) is 28.6 Å². The van der Waals surface area contributed by atoms with Gasteiger partial charge in [0.2, 0.25) is 0 Å². The molecule has 0 bridgehead atoms. The van der Waals surface area contributed by atoms with Crippen LogP contribution in [-0.4, -0.2) is 49.7 Å². The second-order valence-corrected chi connectivity index (χ2v) is 11.3. The molecule has 7 nitrogen and oxygen atoms in total. The van der Waals surface area contributed by atoms with Crippen molar-refractivity contribution in [2.24, 2.45) is 28.1 Å². The van der Waals surface area contributed by atoms with Crippen LogP contribution in [0.15, 0.2) is 23.7 Å². The predicted octanol–water partition coefficient (Wildman–Crippen LogP) is 3.52. The van der Waals surface area contributed by atoms with Gasteiger partial charge in [0, 0.05) is 35.8 Å². The minimum Gasteiger partial charge on any atom is -0.481 e. The van der Waals surface area contributed by atoms with Crippen molar-refractivity contribution in [1.29, 1.82) is 0 Å². The topological polar surface area (TPSA) is 107 Å². The van der Waals surface area contributed by atoms with Gasteiger partial charge in [0.15, 0.2) is 6.23 Å². The number of hydrogen-bond donors (Lipinski definition) is 3. The summed E-state index contributed by atoms with van der Waals surface area (Å²) in [4.78, 5) is 34.7. The molecule has 1 amide bonds. The molecule has 1 aromatic rings. The number of fused-ring (bicyclic) bond motifs is 4. The summed E-state index contributed by atoms with van der Waals surface area (Å²) in [6.07, 6.45) is 9.09. The standard InChI is InChI=1S/C25H35N3O4/c1-23-9-4-10-25(3,22(31)32)18(23)7-11-24(2)17(23)6-5-16-19(24)21(30)28(20(16)29)12-8-15-13-26-14-27-15/h13-14,17-18,20,29H,4-12H2,1-3H3,(H,26,27)(H,31,32)/t17-,18-,20?,23-,24-,25+/m1/s1. The molecular formula is C25H35N3O4. The van der Waals surface area contributed by atoms with E-state index in [1.165, 1.54) is 0 Å². The maximum Gasteiger partial charge on any atom is 0.309 e. The van der Waals surface area contributed by atoms with Gasteiger partial charge in [-0.15, -0.1) is 0 Å². The van der Waals surface area contributed by atoms with Crippen molar-refractivity contribution in [2.75, 3.05) is 6.54 Å². The second kappa shape index (κ2) is 7.17. The Balaban J connectivity index is 1.46. The summed E-state index contributed by atoms with van der Waals surface area (Å²) in [5.41, 5.74) is 1.56. The molecule has 1 aliphatic heterocycles. The number of aliphatic hydroxyl groups is 1. The molecule has 1 aromatic heterocycles. The Labute approximate surface area is 189 Å². The number of carbonyl (C=O) groups excluding carboxylic acids is 1. The number of nitrogens with one attached hydrogen (secondary N) is 1. The van der Waals surface area contributed by atoms with E-state index in [0.717, 1.165) is 61.8 Å². The Morgan fingerprint density at radius 1 is 1.22 bits per heavy atom. The van der Waals surface area contributed by atoms with Gasteiger partial charge < -0.3 is 20.1 Å². The summed E-state index contributed by atoms with van der Waals surface area (Å²) in [6, 6.07) is 0. The zero-order chi connectivity index (χ0) is 22.9. The molecule has 7 heteroatoms. The lowest BCUT2D eigenvalue weighted by Crippen LogP contribution is -2.59. The van der Waals surface area contributed by atoms with Crippen molar-refractivity contribution in [3.63, 3.8) is 0 Å². The highest BCUT2D eigenvalue weighted by atomic mass is 16.4. The molecule has 3 N–H and O–H groups in total. The third-order valence-electron chi connectivity index (χ3n) is 9.84. The van der Waals surface area contributed by atoms with Crippen LogP contribution < -0.4 is 0 Å². The quantitative estimate of drug-likeness (QED) is 0.663. The molecule has 32 heavy (non-hydrogen) atoms. The van der Waals surface area contributed by atoms with Gasteiger partial charge in [-0.3, -0.25) is 9.59 Å². The van der Waals surface area contributed by atoms with Gasteiger partial charge in [0.25, 0.3) is 5.91 Å². The number of aromatic nitrogens is 2. The summed E-state index contributed by atoms with van der Waals surface area (Å²) in [6.45, 7) is 6.89. The summed E-state index contributed by atoms with van der Waals surface area (Å²) in [5.74, 6) is -0.322. The number of H-pyrrole nitrogens is 1. The van der Waals surface area contributed by atoms with Crippen LogP contribution >= 0.6 is 0 Å². The molecule has 174 valence electrons. The van der Waals surface area contributed by atoms with E-state index in [9.17, 15) is 19.8 Å². The molecule has 0 saturated heterocycles. The molecule has 4 aliphatic rings. The lowest BCUT2D eigenvalue weighted by Gasteiger charge is -2.63. The maximum absolute atomic E-state index is 13.7. The summed E-state index contributed by atoms with van der Waals surface area (Å²) in [7, 11) is 0. The van der Waals surface area contributed by atoms with Crippen LogP contribution in [0.1, 0.15) is 71.4 Å². The molecule has 1 unspecified atom stereocenters. The summed E-state index contributed by atoms with van der Waals surface area (Å²) >= 11 is 0. The zero-order valence-electron chi connectivity index (χ0n) is 19.4. The Morgan fingerprint density at radius 2 is 2.00 bits per heavy atom. The number of amides is 1. The molecule has 0 radical (unpaired) electrons. The molecule has 2 fully saturated rings. The minimum atomic E-state index is -0.848. The van der Waals surface area contributed by atoms with E-state index in [1.807, 2.05) is 6.92 Å². The molecule has 5 rings (SSSR count). The van der Waals surface area contributed by atoms with E-state index in [1.54, 1.807) is 17.4 Å². The number of carboxylic acids is 1. The first-order valence-corrected chi connectivity index (χ1v) is 12.1. The SMILES string of the molecule is C[C@]12CCC[C@](C)(C(=O)O)[C@@H]1CC[C@@]1(C)C3=C(CC[C@H]21)C(O)N(CCc1cnc[nH]1)C3=O. The molecule has 2 heterocycles. The number of aliphatic carboxylic acids is 1. The number of aliphatic hydroxyl groups excluding tert-OH is 1. The van der Waals surface area contributed by atoms with Crippen LogP contribution in [0, 0.1) is 28.1 Å². The van der Waals surface area contributed by atoms with Crippen molar-refractivity contribution in [1.82, 2.24) is 14.9 Å². The van der Waals surface area contributed by atoms with E-state index in [4.69, 9.17) is 0 Å². The van der Waals surface area contributed by atoms with Gasteiger partial charge in [-0.2, -0.15) is 0 Å². The molecule has 0 spiro atoms. The average Bonchev–Trinajstić information content (AvgIpc) is 3.33. The van der Waals surface area contributed by atoms with E-state index in [2.05, 4.69) is 23.8 Å². The summed E-state index contributed by atoms with van der Waals surface area (Å²) < 4.78 is 0. The highest BCUT2D eigenvalue weighted by Gasteiger charge is 2.65. The van der Waals surface area contributed by atoms with Crippen molar-refractivity contribution in [3.8, 4) is 0 Å². The first-order chi connectivity index (χ1) is 15.1. The predicted molar refractivity (Wildman–Crippen MR) is 118 cm³/mol. The number of carbonyl (C=O) groups is 2. The largest absolute Gasteiger partial charge is 0.481 e. The van der Waals surface area contributed by atoms with Crippen LogP contribution in [0.5, 0.6) is 0 Å². The van der Waals surface area contributed by atoms with Crippen LogP contribution in [-0.2, 0) is 16.0 Å². The first-order valence-electron chi connectivity index (χ1n) is 12.1. The van der Waals surface area contributed by atoms with Crippen molar-refractivity contribution in [3.05, 3.63) is 29.4 Å². The monoisotopic (exact) mass is 441 g/mol. The Bertz CT molecular complexity index is 972. The third-order valence-corrected chi connectivity index (χ3v) is 9.84. The van der Waals surface area contributed by atoms with E-state index in [0.29, 0.717) is 13.0 Å². The van der Waals surface area contributed by atoms with Crippen molar-refractivity contribution < 1.29 is 19.8 Å². The average molecular weight is 442 g/mol.